The molecule has 2 rings (SSSR count). The first-order chi connectivity index (χ1) is 8.60. The standard InChI is InChI=1S/C10H9N5O2S/c11-5-8-9(12)18-10(14-8)13-6-1-3-7(4-2-6)15(16)17/h1-4,15-16H,12H2,(H,13,14). The fourth-order valence-corrected chi connectivity index (χ4v) is 1.99. The Hall–Kier alpha value is -2.18. The van der Waals surface area contributed by atoms with Crippen LogP contribution in [0.4, 0.5) is 21.5 Å². The Labute approximate surface area is 106 Å². The van der Waals surface area contributed by atoms with Gasteiger partial charge < -0.3 is 16.3 Å². The van der Waals surface area contributed by atoms with Gasteiger partial charge in [-0.05, 0) is 12.1 Å². The molecule has 2 aromatic rings. The molecule has 0 spiro atoms. The van der Waals surface area contributed by atoms with E-state index in [1.165, 1.54) is 12.1 Å². The van der Waals surface area contributed by atoms with E-state index in [-0.39, 0.29) is 11.4 Å². The predicted octanol–water partition coefficient (Wildman–Crippen LogP) is 0.744. The van der Waals surface area contributed by atoms with Crippen LogP contribution < -0.4 is 16.3 Å². The Morgan fingerprint density at radius 2 is 2.11 bits per heavy atom. The van der Waals surface area contributed by atoms with E-state index in [9.17, 15) is 5.21 Å². The van der Waals surface area contributed by atoms with Crippen molar-refractivity contribution in [3.63, 3.8) is 0 Å². The molecule has 1 aromatic heterocycles. The zero-order valence-electron chi connectivity index (χ0n) is 9.04. The predicted molar refractivity (Wildman–Crippen MR) is 66.7 cm³/mol. The molecule has 0 bridgehead atoms. The van der Waals surface area contributed by atoms with Crippen LogP contribution in [0.5, 0.6) is 0 Å². The van der Waals surface area contributed by atoms with E-state index in [4.69, 9.17) is 16.2 Å². The van der Waals surface area contributed by atoms with Gasteiger partial charge in [-0.2, -0.15) is 10.5 Å². The first kappa shape index (κ1) is 12.3. The summed E-state index contributed by atoms with van der Waals surface area (Å²) in [7, 11) is 0. The summed E-state index contributed by atoms with van der Waals surface area (Å²) in [4.78, 5) is 3.99. The van der Waals surface area contributed by atoms with Gasteiger partial charge in [-0.25, -0.2) is 10.2 Å². The maximum Gasteiger partial charge on any atom is 0.190 e. The molecule has 1 heterocycles. The van der Waals surface area contributed by atoms with Crippen molar-refractivity contribution in [1.29, 1.82) is 5.26 Å². The summed E-state index contributed by atoms with van der Waals surface area (Å²) in [6.45, 7) is 0. The number of hydrogen-bond donors (Lipinski definition) is 4. The molecule has 5 N–H and O–H groups in total. The highest BCUT2D eigenvalue weighted by molar-refractivity contribution is 7.19. The summed E-state index contributed by atoms with van der Waals surface area (Å²) in [5, 5.41) is 31.0. The highest BCUT2D eigenvalue weighted by Gasteiger charge is 2.08. The number of nitrogens with zero attached hydrogens (tertiary/aromatic N) is 2. The lowest BCUT2D eigenvalue weighted by Crippen LogP contribution is -2.99. The van der Waals surface area contributed by atoms with Gasteiger partial charge in [0, 0.05) is 17.8 Å². The lowest BCUT2D eigenvalue weighted by atomic mass is 10.3. The number of nitrogens with two attached hydrogens (primary N) is 1. The lowest BCUT2D eigenvalue weighted by molar-refractivity contribution is -0.991. The van der Waals surface area contributed by atoms with Crippen molar-refractivity contribution >= 4 is 32.8 Å². The van der Waals surface area contributed by atoms with Gasteiger partial charge in [0.2, 0.25) is 0 Å². The lowest BCUT2D eigenvalue weighted by Gasteiger charge is -2.11. The van der Waals surface area contributed by atoms with Gasteiger partial charge >= 0.3 is 0 Å². The number of quaternary nitrogens is 1. The van der Waals surface area contributed by atoms with Crippen LogP contribution in [0.15, 0.2) is 24.3 Å². The van der Waals surface area contributed by atoms with Crippen LogP contribution in [0.25, 0.3) is 0 Å². The number of nitrogen functional groups attached to an aromatic ring is 1. The third-order valence-electron chi connectivity index (χ3n) is 2.14. The Kier molecular flexibility index (Phi) is 3.40. The van der Waals surface area contributed by atoms with Crippen LogP contribution in [-0.2, 0) is 0 Å². The molecule has 0 amide bonds. The average Bonchev–Trinajstić information content (AvgIpc) is 2.70. The van der Waals surface area contributed by atoms with E-state index in [0.29, 0.717) is 15.8 Å². The molecular formula is C10H9N5O2S. The summed E-state index contributed by atoms with van der Waals surface area (Å²) >= 11 is 1.16. The summed E-state index contributed by atoms with van der Waals surface area (Å²) in [5.74, 6) is 0. The fourth-order valence-electron chi connectivity index (χ4n) is 1.29. The largest absolute Gasteiger partial charge is 0.595 e. The number of benzene rings is 1. The van der Waals surface area contributed by atoms with Crippen molar-refractivity contribution in [3.8, 4) is 6.07 Å². The number of hydrogen-bond acceptors (Lipinski definition) is 7. The SMILES string of the molecule is N#Cc1nc(Nc2ccc([NH+]([O-])O)cc2)sc1N. The number of rotatable bonds is 3. The fraction of sp³-hybridized carbons (Fsp3) is 0. The molecule has 1 unspecified atom stereocenters. The average molecular weight is 263 g/mol. The molecule has 1 atom stereocenters. The van der Waals surface area contributed by atoms with Crippen LogP contribution in [-0.4, -0.2) is 10.2 Å². The Bertz CT molecular complexity index is 587. The molecular weight excluding hydrogens is 254 g/mol. The van der Waals surface area contributed by atoms with E-state index in [2.05, 4.69) is 10.3 Å². The van der Waals surface area contributed by atoms with Crippen LogP contribution in [0.1, 0.15) is 5.69 Å². The topological polar surface area (TPSA) is 122 Å². The smallest absolute Gasteiger partial charge is 0.190 e. The zero-order valence-corrected chi connectivity index (χ0v) is 9.86. The minimum absolute atomic E-state index is 0.185. The van der Waals surface area contributed by atoms with Crippen molar-refractivity contribution in [2.75, 3.05) is 11.1 Å². The number of thiazole rings is 1. The summed E-state index contributed by atoms with van der Waals surface area (Å²) in [5.41, 5.74) is 6.65. The van der Waals surface area contributed by atoms with E-state index in [1.54, 1.807) is 12.1 Å². The van der Waals surface area contributed by atoms with Gasteiger partial charge in [-0.3, -0.25) is 0 Å². The maximum absolute atomic E-state index is 10.7. The number of aromatic nitrogens is 1. The molecule has 8 heteroatoms. The number of anilines is 3. The monoisotopic (exact) mass is 263 g/mol. The van der Waals surface area contributed by atoms with Crippen molar-refractivity contribution in [1.82, 2.24) is 4.98 Å². The summed E-state index contributed by atoms with van der Waals surface area (Å²) in [6, 6.07) is 8.08. The third kappa shape index (κ3) is 2.55. The van der Waals surface area contributed by atoms with E-state index < -0.39 is 5.23 Å². The molecule has 92 valence electrons. The molecule has 0 fully saturated rings. The molecule has 0 aliphatic heterocycles. The summed E-state index contributed by atoms with van der Waals surface area (Å²) < 4.78 is 0. The maximum atomic E-state index is 10.7. The van der Waals surface area contributed by atoms with E-state index in [1.807, 2.05) is 6.07 Å². The summed E-state index contributed by atoms with van der Waals surface area (Å²) in [6.07, 6.45) is 0. The molecule has 7 nitrogen and oxygen atoms in total. The molecule has 0 radical (unpaired) electrons. The minimum Gasteiger partial charge on any atom is -0.595 e. The normalized spacial score (nSPS) is 11.8. The van der Waals surface area contributed by atoms with Crippen molar-refractivity contribution in [2.24, 2.45) is 0 Å². The highest BCUT2D eigenvalue weighted by atomic mass is 32.1. The second-order valence-electron chi connectivity index (χ2n) is 3.35. The second-order valence-corrected chi connectivity index (χ2v) is 4.38. The van der Waals surface area contributed by atoms with Crippen molar-refractivity contribution in [2.45, 2.75) is 0 Å². The third-order valence-corrected chi connectivity index (χ3v) is 2.94. The molecule has 1 aromatic carbocycles. The van der Waals surface area contributed by atoms with Crippen LogP contribution in [0, 0.1) is 16.5 Å². The van der Waals surface area contributed by atoms with E-state index >= 15 is 0 Å². The Balaban J connectivity index is 2.16. The van der Waals surface area contributed by atoms with Gasteiger partial charge in [0.15, 0.2) is 16.5 Å². The van der Waals surface area contributed by atoms with Crippen molar-refractivity contribution in [3.05, 3.63) is 35.2 Å². The van der Waals surface area contributed by atoms with Crippen LogP contribution >= 0.6 is 11.3 Å². The Morgan fingerprint density at radius 1 is 1.44 bits per heavy atom. The second kappa shape index (κ2) is 4.99. The minimum atomic E-state index is -0.980. The van der Waals surface area contributed by atoms with Crippen LogP contribution in [0.2, 0.25) is 0 Å². The number of nitrogens with one attached hydrogen (secondary N) is 2. The molecule has 0 aliphatic rings. The molecule has 18 heavy (non-hydrogen) atoms. The zero-order chi connectivity index (χ0) is 13.1. The first-order valence-electron chi connectivity index (χ1n) is 4.87. The number of nitriles is 1. The molecule has 0 saturated heterocycles. The van der Waals surface area contributed by atoms with Gasteiger partial charge in [0.05, 0.1) is 0 Å². The van der Waals surface area contributed by atoms with Gasteiger partial charge in [0.1, 0.15) is 11.1 Å². The van der Waals surface area contributed by atoms with Gasteiger partial charge in [-0.15, -0.1) is 0 Å². The van der Waals surface area contributed by atoms with Crippen molar-refractivity contribution < 1.29 is 10.4 Å². The first-order valence-corrected chi connectivity index (χ1v) is 5.68. The molecule has 0 saturated carbocycles. The Morgan fingerprint density at radius 3 is 2.61 bits per heavy atom. The quantitative estimate of drug-likeness (QED) is 0.606. The highest BCUT2D eigenvalue weighted by Crippen LogP contribution is 2.27. The molecule has 0 aliphatic carbocycles. The van der Waals surface area contributed by atoms with Gasteiger partial charge in [-0.1, -0.05) is 11.3 Å². The van der Waals surface area contributed by atoms with Crippen LogP contribution in [0.3, 0.4) is 0 Å². The van der Waals surface area contributed by atoms with E-state index in [0.717, 1.165) is 11.3 Å². The van der Waals surface area contributed by atoms with Gasteiger partial charge in [0.25, 0.3) is 0 Å².